The second-order valence-corrected chi connectivity index (χ2v) is 7.21. The maximum absolute atomic E-state index is 6.15. The lowest BCUT2D eigenvalue weighted by molar-refractivity contribution is 0.705. The van der Waals surface area contributed by atoms with E-state index in [1.54, 1.807) is 11.3 Å². The number of hydrogen-bond donors (Lipinski definition) is 1. The number of nitrogens with one attached hydrogen (secondary N) is 1. The fraction of sp³-hybridized carbons (Fsp3) is 0.438. The summed E-state index contributed by atoms with van der Waals surface area (Å²) in [6.45, 7) is 7.31. The largest absolute Gasteiger partial charge is 0.361 e. The van der Waals surface area contributed by atoms with Gasteiger partial charge >= 0.3 is 0 Å². The van der Waals surface area contributed by atoms with Crippen molar-refractivity contribution in [1.29, 1.82) is 0 Å². The molecule has 0 saturated heterocycles. The highest BCUT2D eigenvalue weighted by Gasteiger charge is 2.24. The van der Waals surface area contributed by atoms with Crippen molar-refractivity contribution in [3.63, 3.8) is 0 Å². The molecule has 0 spiro atoms. The van der Waals surface area contributed by atoms with Gasteiger partial charge in [-0.2, -0.15) is 0 Å². The Hall–Kier alpha value is -1.06. The summed E-state index contributed by atoms with van der Waals surface area (Å²) in [5, 5.41) is 5.41. The third-order valence-corrected chi connectivity index (χ3v) is 5.38. The molecule has 0 amide bonds. The van der Waals surface area contributed by atoms with E-state index in [1.165, 1.54) is 28.0 Å². The number of nitrogens with zero attached hydrogens (tertiary/aromatic N) is 1. The molecular formula is C16H19ClN2S. The fourth-order valence-electron chi connectivity index (χ4n) is 3.05. The van der Waals surface area contributed by atoms with Gasteiger partial charge in [-0.15, -0.1) is 11.3 Å². The zero-order valence-corrected chi connectivity index (χ0v) is 13.7. The number of anilines is 1. The fourth-order valence-corrected chi connectivity index (χ4v) is 4.17. The van der Waals surface area contributed by atoms with Gasteiger partial charge in [0.25, 0.3) is 0 Å². The minimum atomic E-state index is 0.576. The van der Waals surface area contributed by atoms with Crippen LogP contribution in [0.5, 0.6) is 0 Å². The van der Waals surface area contributed by atoms with Crippen LogP contribution in [0.25, 0.3) is 0 Å². The van der Waals surface area contributed by atoms with Gasteiger partial charge in [-0.1, -0.05) is 11.6 Å². The Morgan fingerprint density at radius 2 is 2.15 bits per heavy atom. The highest BCUT2D eigenvalue weighted by molar-refractivity contribution is 7.15. The van der Waals surface area contributed by atoms with Gasteiger partial charge in [0.1, 0.15) is 0 Å². The van der Waals surface area contributed by atoms with Gasteiger partial charge in [-0.3, -0.25) is 0 Å². The maximum Gasteiger partial charge on any atom is 0.183 e. The number of benzene rings is 1. The van der Waals surface area contributed by atoms with E-state index >= 15 is 0 Å². The molecule has 20 heavy (non-hydrogen) atoms. The van der Waals surface area contributed by atoms with Crippen molar-refractivity contribution in [1.82, 2.24) is 4.98 Å². The maximum atomic E-state index is 6.15. The summed E-state index contributed by atoms with van der Waals surface area (Å²) < 4.78 is 0. The standard InChI is InChI=1S/C16H19ClN2S/c1-9-6-14(17)7-12-4-5-13(15(9)12)8-18-16-19-10(2)11(3)20-16/h6-7,13H,4-5,8H2,1-3H3,(H,18,19). The van der Waals surface area contributed by atoms with Crippen LogP contribution in [0.3, 0.4) is 0 Å². The number of hydrogen-bond acceptors (Lipinski definition) is 3. The summed E-state index contributed by atoms with van der Waals surface area (Å²) in [4.78, 5) is 5.84. The summed E-state index contributed by atoms with van der Waals surface area (Å²) >= 11 is 7.89. The van der Waals surface area contributed by atoms with E-state index in [1.807, 2.05) is 0 Å². The summed E-state index contributed by atoms with van der Waals surface area (Å²) in [7, 11) is 0. The van der Waals surface area contributed by atoms with E-state index in [0.717, 1.165) is 28.8 Å². The lowest BCUT2D eigenvalue weighted by Crippen LogP contribution is -2.11. The topological polar surface area (TPSA) is 24.9 Å². The first-order valence-electron chi connectivity index (χ1n) is 7.01. The van der Waals surface area contributed by atoms with Crippen molar-refractivity contribution in [3.8, 4) is 0 Å². The van der Waals surface area contributed by atoms with Crippen molar-refractivity contribution >= 4 is 28.1 Å². The van der Waals surface area contributed by atoms with E-state index in [2.05, 4.69) is 43.2 Å². The molecule has 1 aromatic carbocycles. The van der Waals surface area contributed by atoms with Crippen LogP contribution in [0, 0.1) is 20.8 Å². The van der Waals surface area contributed by atoms with Crippen molar-refractivity contribution in [2.45, 2.75) is 39.5 Å². The molecule has 1 unspecified atom stereocenters. The molecular weight excluding hydrogens is 288 g/mol. The van der Waals surface area contributed by atoms with Crippen LogP contribution in [0.1, 0.15) is 39.6 Å². The van der Waals surface area contributed by atoms with Crippen LogP contribution in [0.15, 0.2) is 12.1 Å². The van der Waals surface area contributed by atoms with Gasteiger partial charge in [-0.25, -0.2) is 4.98 Å². The molecule has 1 N–H and O–H groups in total. The molecule has 0 fully saturated rings. The third kappa shape index (κ3) is 2.57. The van der Waals surface area contributed by atoms with E-state index < -0.39 is 0 Å². The van der Waals surface area contributed by atoms with Gasteiger partial charge < -0.3 is 5.32 Å². The van der Waals surface area contributed by atoms with Gasteiger partial charge in [0.15, 0.2) is 5.13 Å². The minimum Gasteiger partial charge on any atom is -0.361 e. The molecule has 1 aliphatic carbocycles. The molecule has 2 aromatic rings. The first kappa shape index (κ1) is 13.9. The van der Waals surface area contributed by atoms with Crippen LogP contribution in [-0.4, -0.2) is 11.5 Å². The number of aromatic nitrogens is 1. The Balaban J connectivity index is 1.75. The number of rotatable bonds is 3. The van der Waals surface area contributed by atoms with Crippen molar-refractivity contribution in [2.24, 2.45) is 0 Å². The summed E-state index contributed by atoms with van der Waals surface area (Å²) in [5.74, 6) is 0.576. The Bertz CT molecular complexity index is 629. The van der Waals surface area contributed by atoms with E-state index in [0.29, 0.717) is 5.92 Å². The van der Waals surface area contributed by atoms with E-state index in [9.17, 15) is 0 Å². The van der Waals surface area contributed by atoms with Crippen LogP contribution in [0.2, 0.25) is 5.02 Å². The van der Waals surface area contributed by atoms with Gasteiger partial charge in [0.05, 0.1) is 5.69 Å². The Kier molecular flexibility index (Phi) is 3.74. The predicted molar refractivity (Wildman–Crippen MR) is 87.3 cm³/mol. The first-order valence-corrected chi connectivity index (χ1v) is 8.21. The summed E-state index contributed by atoms with van der Waals surface area (Å²) in [6.07, 6.45) is 2.34. The van der Waals surface area contributed by atoms with Crippen LogP contribution in [0.4, 0.5) is 5.13 Å². The molecule has 1 heterocycles. The van der Waals surface area contributed by atoms with Crippen LogP contribution in [-0.2, 0) is 6.42 Å². The van der Waals surface area contributed by atoms with Crippen LogP contribution < -0.4 is 5.32 Å². The smallest absolute Gasteiger partial charge is 0.183 e. The lowest BCUT2D eigenvalue weighted by atomic mass is 9.96. The first-order chi connectivity index (χ1) is 9.54. The number of halogens is 1. The molecule has 1 atom stereocenters. The number of fused-ring (bicyclic) bond motifs is 1. The zero-order chi connectivity index (χ0) is 14.3. The van der Waals surface area contributed by atoms with Crippen LogP contribution >= 0.6 is 22.9 Å². The SMILES string of the molecule is Cc1cc(Cl)cc2c1C(CNc1nc(C)c(C)s1)CC2. The Labute approximate surface area is 129 Å². The molecule has 0 radical (unpaired) electrons. The van der Waals surface area contributed by atoms with Gasteiger partial charge in [-0.05, 0) is 62.4 Å². The molecule has 0 aliphatic heterocycles. The molecule has 3 rings (SSSR count). The molecule has 2 nitrogen and oxygen atoms in total. The molecule has 0 saturated carbocycles. The predicted octanol–water partition coefficient (Wildman–Crippen LogP) is 4.86. The molecule has 1 aliphatic rings. The Morgan fingerprint density at radius 1 is 1.35 bits per heavy atom. The van der Waals surface area contributed by atoms with Gasteiger partial charge in [0.2, 0.25) is 0 Å². The summed E-state index contributed by atoms with van der Waals surface area (Å²) in [5.41, 5.74) is 5.37. The van der Waals surface area contributed by atoms with E-state index in [4.69, 9.17) is 11.6 Å². The van der Waals surface area contributed by atoms with Crippen molar-refractivity contribution in [2.75, 3.05) is 11.9 Å². The monoisotopic (exact) mass is 306 g/mol. The molecule has 1 aromatic heterocycles. The highest BCUT2D eigenvalue weighted by atomic mass is 35.5. The average molecular weight is 307 g/mol. The normalized spacial score (nSPS) is 17.3. The van der Waals surface area contributed by atoms with Crippen molar-refractivity contribution in [3.05, 3.63) is 44.4 Å². The summed E-state index contributed by atoms with van der Waals surface area (Å²) in [6, 6.07) is 4.21. The second-order valence-electron chi connectivity index (χ2n) is 5.57. The lowest BCUT2D eigenvalue weighted by Gasteiger charge is -2.15. The number of thiazole rings is 1. The molecule has 106 valence electrons. The number of aryl methyl sites for hydroxylation is 4. The van der Waals surface area contributed by atoms with Crippen molar-refractivity contribution < 1.29 is 0 Å². The Morgan fingerprint density at radius 3 is 2.85 bits per heavy atom. The highest BCUT2D eigenvalue weighted by Crippen LogP contribution is 2.37. The molecule has 0 bridgehead atoms. The average Bonchev–Trinajstić information content (AvgIpc) is 2.91. The van der Waals surface area contributed by atoms with E-state index in [-0.39, 0.29) is 0 Å². The van der Waals surface area contributed by atoms with Gasteiger partial charge in [0, 0.05) is 22.4 Å². The second kappa shape index (κ2) is 5.38. The minimum absolute atomic E-state index is 0.576. The third-order valence-electron chi connectivity index (χ3n) is 4.14. The molecule has 4 heteroatoms. The zero-order valence-electron chi connectivity index (χ0n) is 12.1. The quantitative estimate of drug-likeness (QED) is 0.875.